The summed E-state index contributed by atoms with van der Waals surface area (Å²) in [6, 6.07) is 6.20. The molecule has 1 unspecified atom stereocenters. The summed E-state index contributed by atoms with van der Waals surface area (Å²) >= 11 is 0. The first kappa shape index (κ1) is 13.4. The van der Waals surface area contributed by atoms with Crippen molar-refractivity contribution in [3.8, 4) is 5.75 Å². The van der Waals surface area contributed by atoms with Crippen molar-refractivity contribution in [2.24, 2.45) is 5.92 Å². The number of nitrogens with one attached hydrogen (secondary N) is 2. The Hall–Kier alpha value is -2.56. The van der Waals surface area contributed by atoms with Crippen LogP contribution in [0.15, 0.2) is 30.5 Å². The molecule has 21 heavy (non-hydrogen) atoms. The van der Waals surface area contributed by atoms with Crippen LogP contribution in [0.1, 0.15) is 39.8 Å². The minimum Gasteiger partial charge on any atom is -0.508 e. The first-order valence-corrected chi connectivity index (χ1v) is 6.88. The Balaban J connectivity index is 1.86. The van der Waals surface area contributed by atoms with Gasteiger partial charge in [0.25, 0.3) is 5.91 Å². The van der Waals surface area contributed by atoms with Crippen LogP contribution >= 0.6 is 0 Å². The Bertz CT molecular complexity index is 701. The average molecular weight is 284 g/mol. The molecular weight excluding hydrogens is 268 g/mol. The van der Waals surface area contributed by atoms with Crippen LogP contribution in [-0.4, -0.2) is 21.8 Å². The van der Waals surface area contributed by atoms with Crippen molar-refractivity contribution < 1.29 is 14.7 Å². The van der Waals surface area contributed by atoms with Gasteiger partial charge in [0.15, 0.2) is 5.78 Å². The minimum atomic E-state index is -0.318. The third-order valence-corrected chi connectivity index (χ3v) is 3.70. The maximum atomic E-state index is 12.3. The normalized spacial score (nSPS) is 17.4. The summed E-state index contributed by atoms with van der Waals surface area (Å²) in [4.78, 5) is 27.5. The second-order valence-corrected chi connectivity index (χ2v) is 5.49. The lowest BCUT2D eigenvalue weighted by molar-refractivity contribution is 0.0940. The number of hydrogen-bond donors (Lipinski definition) is 3. The zero-order chi connectivity index (χ0) is 15.0. The number of carbonyl (C=O) groups excluding carboxylic acids is 2. The highest BCUT2D eigenvalue weighted by atomic mass is 16.3. The van der Waals surface area contributed by atoms with Gasteiger partial charge in [-0.05, 0) is 36.6 Å². The monoisotopic (exact) mass is 284 g/mol. The number of amides is 1. The lowest BCUT2D eigenvalue weighted by atomic mass is 9.86. The number of benzene rings is 1. The third kappa shape index (κ3) is 2.54. The number of hydrogen-bond acceptors (Lipinski definition) is 3. The zero-order valence-corrected chi connectivity index (χ0v) is 11.6. The second kappa shape index (κ2) is 5.09. The van der Waals surface area contributed by atoms with Crippen molar-refractivity contribution >= 4 is 17.4 Å². The van der Waals surface area contributed by atoms with Gasteiger partial charge in [0.1, 0.15) is 5.75 Å². The molecule has 3 rings (SSSR count). The molecule has 1 aliphatic rings. The molecule has 0 bridgehead atoms. The van der Waals surface area contributed by atoms with E-state index in [-0.39, 0.29) is 17.4 Å². The van der Waals surface area contributed by atoms with Gasteiger partial charge in [0.2, 0.25) is 0 Å². The van der Waals surface area contributed by atoms with Crippen LogP contribution in [0.4, 0.5) is 5.69 Å². The van der Waals surface area contributed by atoms with E-state index in [9.17, 15) is 14.7 Å². The summed E-state index contributed by atoms with van der Waals surface area (Å²) < 4.78 is 0. The molecule has 1 atom stereocenters. The molecule has 0 saturated heterocycles. The van der Waals surface area contributed by atoms with Crippen LogP contribution in [0.25, 0.3) is 0 Å². The number of phenols is 1. The van der Waals surface area contributed by atoms with Gasteiger partial charge in [0, 0.05) is 24.0 Å². The zero-order valence-electron chi connectivity index (χ0n) is 11.6. The third-order valence-electron chi connectivity index (χ3n) is 3.70. The van der Waals surface area contributed by atoms with Gasteiger partial charge in [0.05, 0.1) is 11.1 Å². The maximum Gasteiger partial charge on any atom is 0.257 e. The first-order valence-electron chi connectivity index (χ1n) is 6.88. The fraction of sp³-hybridized carbons (Fsp3) is 0.250. The summed E-state index contributed by atoms with van der Waals surface area (Å²) in [6.07, 6.45) is 2.86. The van der Waals surface area contributed by atoms with E-state index in [4.69, 9.17) is 0 Å². The van der Waals surface area contributed by atoms with Crippen LogP contribution in [0, 0.1) is 5.92 Å². The van der Waals surface area contributed by atoms with Crippen molar-refractivity contribution in [1.29, 1.82) is 0 Å². The molecule has 108 valence electrons. The molecular formula is C16H16N2O3. The van der Waals surface area contributed by atoms with Crippen molar-refractivity contribution in [3.05, 3.63) is 47.3 Å². The summed E-state index contributed by atoms with van der Waals surface area (Å²) in [5.41, 5.74) is 2.32. The Labute approximate surface area is 122 Å². The van der Waals surface area contributed by atoms with Crippen molar-refractivity contribution in [1.82, 2.24) is 4.98 Å². The number of aromatic amines is 1. The molecule has 5 heteroatoms. The Kier molecular flexibility index (Phi) is 3.25. The molecule has 1 aliphatic carbocycles. The number of fused-ring (bicyclic) bond motifs is 1. The van der Waals surface area contributed by atoms with Crippen LogP contribution in [0.3, 0.4) is 0 Å². The van der Waals surface area contributed by atoms with Gasteiger partial charge < -0.3 is 15.4 Å². The predicted molar refractivity (Wildman–Crippen MR) is 78.7 cm³/mol. The Morgan fingerprint density at radius 3 is 2.71 bits per heavy atom. The first-order chi connectivity index (χ1) is 10.0. The van der Waals surface area contributed by atoms with Crippen LogP contribution in [-0.2, 0) is 6.42 Å². The molecule has 0 fully saturated rings. The molecule has 5 nitrogen and oxygen atoms in total. The van der Waals surface area contributed by atoms with Crippen molar-refractivity contribution in [2.75, 3.05) is 5.32 Å². The second-order valence-electron chi connectivity index (χ2n) is 5.49. The summed E-state index contributed by atoms with van der Waals surface area (Å²) in [6.45, 7) is 2.03. The number of carbonyl (C=O) groups is 2. The van der Waals surface area contributed by atoms with Crippen molar-refractivity contribution in [2.45, 2.75) is 19.8 Å². The summed E-state index contributed by atoms with van der Waals surface area (Å²) in [5, 5.41) is 12.0. The van der Waals surface area contributed by atoms with E-state index >= 15 is 0 Å². The summed E-state index contributed by atoms with van der Waals surface area (Å²) in [7, 11) is 0. The maximum absolute atomic E-state index is 12.3. The van der Waals surface area contributed by atoms with E-state index in [1.165, 1.54) is 12.1 Å². The molecule has 3 N–H and O–H groups in total. The number of ketones is 1. The highest BCUT2D eigenvalue weighted by Gasteiger charge is 2.29. The highest BCUT2D eigenvalue weighted by Crippen LogP contribution is 2.28. The van der Waals surface area contributed by atoms with Gasteiger partial charge in [-0.1, -0.05) is 6.92 Å². The van der Waals surface area contributed by atoms with Gasteiger partial charge in [-0.2, -0.15) is 0 Å². The molecule has 0 spiro atoms. The SMILES string of the molecule is CC1CC(=O)c2c(C(=O)Nc3ccc(O)cc3)c[nH]c2C1. The molecule has 2 aromatic rings. The molecule has 0 radical (unpaired) electrons. The van der Waals surface area contributed by atoms with Gasteiger partial charge in [-0.15, -0.1) is 0 Å². The van der Waals surface area contributed by atoms with Gasteiger partial charge in [-0.25, -0.2) is 0 Å². The van der Waals surface area contributed by atoms with E-state index in [2.05, 4.69) is 10.3 Å². The van der Waals surface area contributed by atoms with E-state index < -0.39 is 0 Å². The Morgan fingerprint density at radius 1 is 1.29 bits per heavy atom. The van der Waals surface area contributed by atoms with Crippen LogP contribution in [0.2, 0.25) is 0 Å². The highest BCUT2D eigenvalue weighted by molar-refractivity contribution is 6.13. The van der Waals surface area contributed by atoms with E-state index in [0.29, 0.717) is 29.2 Å². The fourth-order valence-corrected chi connectivity index (χ4v) is 2.71. The number of Topliss-reactive ketones (excluding diaryl/α,β-unsaturated/α-hetero) is 1. The predicted octanol–water partition coefficient (Wildman–Crippen LogP) is 2.74. The summed E-state index contributed by atoms with van der Waals surface area (Å²) in [5.74, 6) is 0.134. The number of rotatable bonds is 2. The van der Waals surface area contributed by atoms with Gasteiger partial charge in [-0.3, -0.25) is 9.59 Å². The smallest absolute Gasteiger partial charge is 0.257 e. The standard InChI is InChI=1S/C16H16N2O3/c1-9-6-13-15(14(20)7-9)12(8-17-13)16(21)18-10-2-4-11(19)5-3-10/h2-5,8-9,17,19H,6-7H2,1H3,(H,18,21). The molecule has 1 aromatic heterocycles. The molecule has 1 aromatic carbocycles. The van der Waals surface area contributed by atoms with Gasteiger partial charge >= 0.3 is 0 Å². The minimum absolute atomic E-state index is 0.0147. The number of aromatic hydroxyl groups is 1. The number of anilines is 1. The largest absolute Gasteiger partial charge is 0.508 e. The Morgan fingerprint density at radius 2 is 2.00 bits per heavy atom. The van der Waals surface area contributed by atoms with E-state index in [1.54, 1.807) is 18.3 Å². The number of aromatic nitrogens is 1. The van der Waals surface area contributed by atoms with Crippen molar-refractivity contribution in [3.63, 3.8) is 0 Å². The quantitative estimate of drug-likeness (QED) is 0.741. The topological polar surface area (TPSA) is 82.2 Å². The van der Waals surface area contributed by atoms with E-state index in [1.807, 2.05) is 6.92 Å². The fourth-order valence-electron chi connectivity index (χ4n) is 2.71. The molecule has 0 aliphatic heterocycles. The molecule has 0 saturated carbocycles. The number of H-pyrrole nitrogens is 1. The number of phenolic OH excluding ortho intramolecular Hbond substituents is 1. The van der Waals surface area contributed by atoms with Crippen LogP contribution < -0.4 is 5.32 Å². The lowest BCUT2D eigenvalue weighted by Crippen LogP contribution is -2.21. The average Bonchev–Trinajstić information content (AvgIpc) is 2.85. The molecule has 1 heterocycles. The lowest BCUT2D eigenvalue weighted by Gasteiger charge is -2.17. The van der Waals surface area contributed by atoms with Crippen LogP contribution in [0.5, 0.6) is 5.75 Å². The van der Waals surface area contributed by atoms with E-state index in [0.717, 1.165) is 12.1 Å². The molecule has 1 amide bonds.